The molecule has 0 aliphatic rings. The summed E-state index contributed by atoms with van der Waals surface area (Å²) in [6, 6.07) is 0. The first-order chi connectivity index (χ1) is 7.52. The second-order valence-electron chi connectivity index (χ2n) is 2.81. The molecule has 0 saturated carbocycles. The quantitative estimate of drug-likeness (QED) is 0.868. The van der Waals surface area contributed by atoms with Crippen molar-refractivity contribution in [3.63, 3.8) is 0 Å². The number of aromatic carboxylic acids is 1. The van der Waals surface area contributed by atoms with Gasteiger partial charge >= 0.3 is 5.97 Å². The highest BCUT2D eigenvalue weighted by Crippen LogP contribution is 2.32. The Bertz CT molecular complexity index is 412. The summed E-state index contributed by atoms with van der Waals surface area (Å²) in [5, 5.41) is 9.11. The van der Waals surface area contributed by atoms with E-state index in [2.05, 4.69) is 20.9 Å². The largest absolute Gasteiger partial charge is 0.494 e. The van der Waals surface area contributed by atoms with E-state index >= 15 is 0 Å². The Labute approximate surface area is 98.4 Å². The lowest BCUT2D eigenvalue weighted by Gasteiger charge is -2.12. The predicted octanol–water partition coefficient (Wildman–Crippen LogP) is 2.62. The number of carboxylic acids is 1. The molecule has 0 spiro atoms. The number of halogens is 3. The molecule has 0 radical (unpaired) electrons. The van der Waals surface area contributed by atoms with Gasteiger partial charge in [-0.25, -0.2) is 13.6 Å². The van der Waals surface area contributed by atoms with Gasteiger partial charge in [0.25, 0.3) is 6.43 Å². The first-order valence-corrected chi connectivity index (χ1v) is 5.28. The smallest absolute Gasteiger partial charge is 0.340 e. The number of ether oxygens (including phenoxy) is 1. The molecule has 16 heavy (non-hydrogen) atoms. The van der Waals surface area contributed by atoms with E-state index in [4.69, 9.17) is 9.84 Å². The zero-order valence-electron chi connectivity index (χ0n) is 8.21. The third-order valence-electron chi connectivity index (χ3n) is 1.92. The Morgan fingerprint density at radius 1 is 1.69 bits per heavy atom. The maximum Gasteiger partial charge on any atom is 0.340 e. The van der Waals surface area contributed by atoms with Crippen LogP contribution in [0.4, 0.5) is 8.78 Å². The van der Waals surface area contributed by atoms with E-state index < -0.39 is 23.5 Å². The van der Waals surface area contributed by atoms with Gasteiger partial charge in [0.2, 0.25) is 0 Å². The van der Waals surface area contributed by atoms with Crippen LogP contribution in [0.15, 0.2) is 6.20 Å². The summed E-state index contributed by atoms with van der Waals surface area (Å²) in [6.45, 7) is 0. The fourth-order valence-electron chi connectivity index (χ4n) is 1.25. The average molecular weight is 296 g/mol. The highest BCUT2D eigenvalue weighted by molar-refractivity contribution is 9.08. The van der Waals surface area contributed by atoms with Gasteiger partial charge in [0.05, 0.1) is 18.4 Å². The van der Waals surface area contributed by atoms with Crippen LogP contribution in [-0.4, -0.2) is 23.2 Å². The minimum absolute atomic E-state index is 0.137. The van der Waals surface area contributed by atoms with Crippen LogP contribution >= 0.6 is 15.9 Å². The average Bonchev–Trinajstić information content (AvgIpc) is 2.26. The van der Waals surface area contributed by atoms with Crippen LogP contribution in [0.2, 0.25) is 0 Å². The lowest BCUT2D eigenvalue weighted by molar-refractivity contribution is 0.0679. The molecule has 0 atom stereocenters. The van der Waals surface area contributed by atoms with Gasteiger partial charge < -0.3 is 9.84 Å². The highest BCUT2D eigenvalue weighted by Gasteiger charge is 2.25. The molecule has 0 bridgehead atoms. The first kappa shape index (κ1) is 12.8. The predicted molar refractivity (Wildman–Crippen MR) is 55.3 cm³/mol. The molecule has 1 heterocycles. The molecule has 0 saturated heterocycles. The van der Waals surface area contributed by atoms with Crippen LogP contribution in [0.3, 0.4) is 0 Å². The molecule has 1 rings (SSSR count). The molecule has 4 nitrogen and oxygen atoms in total. The van der Waals surface area contributed by atoms with Crippen LogP contribution < -0.4 is 4.74 Å². The number of rotatable bonds is 4. The Balaban J connectivity index is 3.50. The Kier molecular flexibility index (Phi) is 4.17. The van der Waals surface area contributed by atoms with Crippen molar-refractivity contribution < 1.29 is 23.4 Å². The van der Waals surface area contributed by atoms with Gasteiger partial charge in [-0.3, -0.25) is 4.98 Å². The maximum atomic E-state index is 12.6. The van der Waals surface area contributed by atoms with E-state index in [9.17, 15) is 13.6 Å². The molecule has 0 aromatic carbocycles. The molecule has 0 amide bonds. The number of hydrogen-bond donors (Lipinski definition) is 1. The third kappa shape index (κ3) is 2.29. The summed E-state index contributed by atoms with van der Waals surface area (Å²) in [5.74, 6) is -1.60. The number of hydrogen-bond acceptors (Lipinski definition) is 3. The minimum atomic E-state index is -2.91. The van der Waals surface area contributed by atoms with Crippen molar-refractivity contribution in [1.82, 2.24) is 4.98 Å². The molecule has 7 heteroatoms. The second kappa shape index (κ2) is 5.20. The molecule has 1 aromatic rings. The van der Waals surface area contributed by atoms with Gasteiger partial charge in [-0.15, -0.1) is 0 Å². The molecule has 0 aliphatic carbocycles. The molecule has 1 N–H and O–H groups in total. The summed E-state index contributed by atoms with van der Waals surface area (Å²) in [7, 11) is 1.21. The maximum absolute atomic E-state index is 12.6. The fraction of sp³-hybridized carbons (Fsp3) is 0.333. The van der Waals surface area contributed by atoms with E-state index in [0.29, 0.717) is 0 Å². The Hall–Kier alpha value is -1.24. The highest BCUT2D eigenvalue weighted by atomic mass is 79.9. The first-order valence-electron chi connectivity index (χ1n) is 4.16. The van der Waals surface area contributed by atoms with Crippen LogP contribution in [-0.2, 0) is 5.33 Å². The van der Waals surface area contributed by atoms with Crippen molar-refractivity contribution in [2.75, 3.05) is 7.11 Å². The number of carbonyl (C=O) groups is 1. The monoisotopic (exact) mass is 295 g/mol. The molecule has 88 valence electrons. The van der Waals surface area contributed by atoms with Crippen molar-refractivity contribution in [3.05, 3.63) is 23.0 Å². The van der Waals surface area contributed by atoms with Crippen LogP contribution in [0.5, 0.6) is 5.75 Å². The number of pyridine rings is 1. The van der Waals surface area contributed by atoms with E-state index in [0.717, 1.165) is 6.20 Å². The lowest BCUT2D eigenvalue weighted by Crippen LogP contribution is -2.09. The number of alkyl halides is 3. The summed E-state index contributed by atoms with van der Waals surface area (Å²) >= 11 is 3.07. The molecule has 0 fully saturated rings. The Morgan fingerprint density at radius 2 is 2.31 bits per heavy atom. The Morgan fingerprint density at radius 3 is 2.69 bits per heavy atom. The van der Waals surface area contributed by atoms with Crippen molar-refractivity contribution in [3.8, 4) is 5.75 Å². The summed E-state index contributed by atoms with van der Waals surface area (Å²) in [4.78, 5) is 14.6. The number of aromatic nitrogens is 1. The molecular weight excluding hydrogens is 288 g/mol. The van der Waals surface area contributed by atoms with Gasteiger partial charge in [-0.05, 0) is 0 Å². The zero-order chi connectivity index (χ0) is 12.3. The zero-order valence-corrected chi connectivity index (χ0v) is 9.79. The summed E-state index contributed by atoms with van der Waals surface area (Å²) in [5.41, 5.74) is -0.916. The van der Waals surface area contributed by atoms with Crippen LogP contribution in [0.1, 0.15) is 28.0 Å². The second-order valence-corrected chi connectivity index (χ2v) is 3.37. The van der Waals surface area contributed by atoms with Crippen LogP contribution in [0, 0.1) is 0 Å². The topological polar surface area (TPSA) is 59.4 Å². The van der Waals surface area contributed by atoms with Gasteiger partial charge in [0, 0.05) is 11.5 Å². The summed E-state index contributed by atoms with van der Waals surface area (Å²) in [6.07, 6.45) is -2.05. The van der Waals surface area contributed by atoms with Crippen molar-refractivity contribution in [2.45, 2.75) is 11.8 Å². The normalized spacial score (nSPS) is 10.6. The SMILES string of the molecule is COc1c(CBr)ncc(C(F)F)c1C(=O)O. The van der Waals surface area contributed by atoms with E-state index in [-0.39, 0.29) is 16.8 Å². The fourth-order valence-corrected chi connectivity index (χ4v) is 1.65. The summed E-state index contributed by atoms with van der Waals surface area (Å²) < 4.78 is 30.0. The molecular formula is C9H8BrF2NO3. The number of nitrogens with zero attached hydrogens (tertiary/aromatic N) is 1. The van der Waals surface area contributed by atoms with Gasteiger partial charge in [-0.1, -0.05) is 15.9 Å². The number of carboxylic acid groups (broad SMARTS) is 1. The molecule has 1 aromatic heterocycles. The van der Waals surface area contributed by atoms with Crippen molar-refractivity contribution >= 4 is 21.9 Å². The van der Waals surface area contributed by atoms with Crippen molar-refractivity contribution in [2.24, 2.45) is 0 Å². The lowest BCUT2D eigenvalue weighted by atomic mass is 10.1. The van der Waals surface area contributed by atoms with Gasteiger partial charge in [0.15, 0.2) is 5.75 Å². The van der Waals surface area contributed by atoms with E-state index in [1.165, 1.54) is 7.11 Å². The van der Waals surface area contributed by atoms with E-state index in [1.807, 2.05) is 0 Å². The van der Waals surface area contributed by atoms with Gasteiger partial charge in [0.1, 0.15) is 5.56 Å². The number of methoxy groups -OCH3 is 1. The minimum Gasteiger partial charge on any atom is -0.494 e. The van der Waals surface area contributed by atoms with Crippen molar-refractivity contribution in [1.29, 1.82) is 0 Å². The standard InChI is InChI=1S/C9H8BrF2NO3/c1-16-7-5(2-10)13-3-4(8(11)12)6(7)9(14)15/h3,8H,2H2,1H3,(H,14,15). The van der Waals surface area contributed by atoms with Crippen LogP contribution in [0.25, 0.3) is 0 Å². The third-order valence-corrected chi connectivity index (χ3v) is 2.45. The molecule has 0 unspecified atom stereocenters. The molecule has 0 aliphatic heterocycles. The van der Waals surface area contributed by atoms with Gasteiger partial charge in [-0.2, -0.15) is 0 Å². The van der Waals surface area contributed by atoms with E-state index in [1.54, 1.807) is 0 Å².